The zero-order valence-electron chi connectivity index (χ0n) is 30.0. The minimum atomic E-state index is -3.99. The highest BCUT2D eigenvalue weighted by atomic mass is 35.5. The summed E-state index contributed by atoms with van der Waals surface area (Å²) in [6.07, 6.45) is 6.94. The summed E-state index contributed by atoms with van der Waals surface area (Å²) in [6, 6.07) is 26.5. The summed E-state index contributed by atoms with van der Waals surface area (Å²) in [5.74, 6) is 2.80. The van der Waals surface area contributed by atoms with Gasteiger partial charge in [-0.3, -0.25) is 0 Å². The molecule has 0 radical (unpaired) electrons. The fourth-order valence-electron chi connectivity index (χ4n) is 8.28. The Kier molecular flexibility index (Phi) is 10.6. The van der Waals surface area contributed by atoms with E-state index in [4.69, 9.17) is 31.5 Å². The molecule has 1 aliphatic heterocycles. The molecule has 274 valence electrons. The van der Waals surface area contributed by atoms with Gasteiger partial charge in [0.05, 0.1) is 31.4 Å². The van der Waals surface area contributed by atoms with E-state index in [2.05, 4.69) is 23.6 Å². The van der Waals surface area contributed by atoms with Crippen LogP contribution in [-0.4, -0.2) is 52.7 Å². The van der Waals surface area contributed by atoms with Crippen LogP contribution in [0.5, 0.6) is 17.2 Å². The van der Waals surface area contributed by atoms with Crippen molar-refractivity contribution in [2.24, 2.45) is 17.6 Å². The van der Waals surface area contributed by atoms with Crippen LogP contribution in [0.15, 0.2) is 102 Å². The largest absolute Gasteiger partial charge is 0.497 e. The molecule has 0 saturated heterocycles. The standard InChI is InChI=1S/C42H48ClN3O5S/c1-4-39(44)37-18-11-32(37)26-45-27-42(21-5-6-31-22-33(43)12-19-38(31)42)28-51-41-20-17-36(23-40(41)45)52(47,48)46(24-29-7-13-34(49-2)14-8-29)25-30-9-15-35(50-3)16-10-30/h4,7-10,12-17,19-20,22-23,32,37,39H,1,5-6,11,18,21,24-28,44H2,2-3H3/t32-,37+,39?,42-/m0/s1. The maximum absolute atomic E-state index is 14.8. The van der Waals surface area contributed by atoms with Crippen molar-refractivity contribution in [2.75, 3.05) is 38.8 Å². The van der Waals surface area contributed by atoms with Crippen molar-refractivity contribution in [3.63, 3.8) is 0 Å². The number of sulfonamides is 1. The average molecular weight is 742 g/mol. The van der Waals surface area contributed by atoms with Crippen LogP contribution in [0, 0.1) is 11.8 Å². The minimum Gasteiger partial charge on any atom is -0.497 e. The molecular weight excluding hydrogens is 694 g/mol. The summed E-state index contributed by atoms with van der Waals surface area (Å²) in [4.78, 5) is 2.61. The number of benzene rings is 4. The number of hydrogen-bond donors (Lipinski definition) is 1. The SMILES string of the molecule is C=CC(N)[C@@H]1CC[C@H]1CN1C[C@@]2(CCCc3cc(Cl)ccc32)COc2ccc(S(=O)(=O)N(Cc3ccc(OC)cc3)Cc3ccc(OC)cc3)cc21. The van der Waals surface area contributed by atoms with Crippen molar-refractivity contribution in [1.29, 1.82) is 0 Å². The second kappa shape index (κ2) is 15.1. The van der Waals surface area contributed by atoms with E-state index in [1.54, 1.807) is 20.3 Å². The molecule has 0 aromatic heterocycles. The smallest absolute Gasteiger partial charge is 0.243 e. The van der Waals surface area contributed by atoms with Crippen molar-refractivity contribution < 1.29 is 22.6 Å². The second-order valence-electron chi connectivity index (χ2n) is 14.5. The van der Waals surface area contributed by atoms with Crippen LogP contribution in [0.25, 0.3) is 0 Å². The molecule has 0 bridgehead atoms. The summed E-state index contributed by atoms with van der Waals surface area (Å²) in [5, 5.41) is 0.741. The highest BCUT2D eigenvalue weighted by Crippen LogP contribution is 2.47. The lowest BCUT2D eigenvalue weighted by molar-refractivity contribution is 0.159. The molecule has 7 rings (SSSR count). The van der Waals surface area contributed by atoms with Crippen LogP contribution in [0.1, 0.15) is 47.9 Å². The van der Waals surface area contributed by atoms with Gasteiger partial charge >= 0.3 is 0 Å². The summed E-state index contributed by atoms with van der Waals surface area (Å²) in [6.45, 7) is 6.29. The topological polar surface area (TPSA) is 94.3 Å². The van der Waals surface area contributed by atoms with Gasteiger partial charge in [-0.2, -0.15) is 4.31 Å². The van der Waals surface area contributed by atoms with Gasteiger partial charge in [0.2, 0.25) is 10.0 Å². The van der Waals surface area contributed by atoms with Crippen LogP contribution in [0.4, 0.5) is 5.69 Å². The third-order valence-corrected chi connectivity index (χ3v) is 13.4. The van der Waals surface area contributed by atoms with Crippen molar-refractivity contribution in [3.8, 4) is 17.2 Å². The first-order chi connectivity index (χ1) is 25.1. The Morgan fingerprint density at radius 3 is 2.25 bits per heavy atom. The Morgan fingerprint density at radius 1 is 0.981 bits per heavy atom. The third-order valence-electron chi connectivity index (χ3n) is 11.4. The predicted molar refractivity (Wildman–Crippen MR) is 207 cm³/mol. The van der Waals surface area contributed by atoms with Gasteiger partial charge in [-0.15, -0.1) is 6.58 Å². The zero-order chi connectivity index (χ0) is 36.5. The van der Waals surface area contributed by atoms with E-state index in [1.807, 2.05) is 72.8 Å². The highest BCUT2D eigenvalue weighted by molar-refractivity contribution is 7.89. The minimum absolute atomic E-state index is 0.0795. The molecule has 1 unspecified atom stereocenters. The number of fused-ring (bicyclic) bond motifs is 3. The molecule has 10 heteroatoms. The first-order valence-corrected chi connectivity index (χ1v) is 19.9. The van der Waals surface area contributed by atoms with E-state index < -0.39 is 10.0 Å². The first kappa shape index (κ1) is 36.3. The molecule has 1 heterocycles. The molecule has 1 fully saturated rings. The number of nitrogens with zero attached hydrogens (tertiary/aromatic N) is 2. The number of rotatable bonds is 12. The molecule has 52 heavy (non-hydrogen) atoms. The van der Waals surface area contributed by atoms with Gasteiger partial charge in [-0.1, -0.05) is 48.0 Å². The Balaban J connectivity index is 1.27. The van der Waals surface area contributed by atoms with Crippen LogP contribution >= 0.6 is 11.6 Å². The van der Waals surface area contributed by atoms with E-state index in [-0.39, 0.29) is 29.4 Å². The lowest BCUT2D eigenvalue weighted by atomic mass is 9.68. The fourth-order valence-corrected chi connectivity index (χ4v) is 9.92. The van der Waals surface area contributed by atoms with Crippen molar-refractivity contribution in [2.45, 2.75) is 61.5 Å². The molecule has 3 aliphatic rings. The number of hydrogen-bond acceptors (Lipinski definition) is 7. The molecule has 1 spiro atoms. The quantitative estimate of drug-likeness (QED) is 0.148. The first-order valence-electron chi connectivity index (χ1n) is 18.1. The Morgan fingerprint density at radius 2 is 1.65 bits per heavy atom. The van der Waals surface area contributed by atoms with E-state index >= 15 is 0 Å². The Labute approximate surface area is 313 Å². The zero-order valence-corrected chi connectivity index (χ0v) is 31.5. The molecule has 4 atom stereocenters. The number of aryl methyl sites for hydroxylation is 1. The Bertz CT molecular complexity index is 1960. The maximum atomic E-state index is 14.8. The molecule has 8 nitrogen and oxygen atoms in total. The molecule has 4 aromatic carbocycles. The van der Waals surface area contributed by atoms with E-state index in [0.29, 0.717) is 42.2 Å². The molecule has 0 amide bonds. The van der Waals surface area contributed by atoms with E-state index in [0.717, 1.165) is 60.5 Å². The average Bonchev–Trinajstić information content (AvgIpc) is 3.30. The van der Waals surface area contributed by atoms with Crippen molar-refractivity contribution in [3.05, 3.63) is 125 Å². The summed E-state index contributed by atoms with van der Waals surface area (Å²) < 4.78 is 48.6. The van der Waals surface area contributed by atoms with Crippen molar-refractivity contribution >= 4 is 27.3 Å². The van der Waals surface area contributed by atoms with Gasteiger partial charge < -0.3 is 24.8 Å². The monoisotopic (exact) mass is 741 g/mol. The summed E-state index contributed by atoms with van der Waals surface area (Å²) in [7, 11) is -0.761. The van der Waals surface area contributed by atoms with Crippen LogP contribution in [0.3, 0.4) is 0 Å². The van der Waals surface area contributed by atoms with Gasteiger partial charge in [0, 0.05) is 42.7 Å². The number of methoxy groups -OCH3 is 2. The summed E-state index contributed by atoms with van der Waals surface area (Å²) >= 11 is 6.47. The van der Waals surface area contributed by atoms with Gasteiger partial charge in [0.15, 0.2) is 0 Å². The summed E-state index contributed by atoms with van der Waals surface area (Å²) in [5.41, 5.74) is 11.3. The Hall–Kier alpha value is -4.02. The molecule has 2 aliphatic carbocycles. The molecule has 1 saturated carbocycles. The maximum Gasteiger partial charge on any atom is 0.243 e. The highest BCUT2D eigenvalue weighted by Gasteiger charge is 2.44. The van der Waals surface area contributed by atoms with Gasteiger partial charge in [-0.05, 0) is 121 Å². The third kappa shape index (κ3) is 7.29. The van der Waals surface area contributed by atoms with Crippen LogP contribution in [0.2, 0.25) is 5.02 Å². The molecule has 4 aromatic rings. The number of ether oxygens (including phenoxy) is 3. The van der Waals surface area contributed by atoms with Gasteiger partial charge in [0.1, 0.15) is 17.2 Å². The number of halogens is 1. The fraction of sp³-hybridized carbons (Fsp3) is 0.381. The van der Waals surface area contributed by atoms with Crippen LogP contribution in [-0.2, 0) is 34.9 Å². The van der Waals surface area contributed by atoms with Crippen LogP contribution < -0.4 is 24.8 Å². The van der Waals surface area contributed by atoms with Gasteiger partial charge in [0.25, 0.3) is 0 Å². The number of nitrogens with two attached hydrogens (primary N) is 1. The van der Waals surface area contributed by atoms with Gasteiger partial charge in [-0.25, -0.2) is 8.42 Å². The van der Waals surface area contributed by atoms with E-state index in [9.17, 15) is 8.42 Å². The second-order valence-corrected chi connectivity index (χ2v) is 16.9. The van der Waals surface area contributed by atoms with E-state index in [1.165, 1.54) is 15.4 Å². The lowest BCUT2D eigenvalue weighted by Gasteiger charge is -2.45. The lowest BCUT2D eigenvalue weighted by Crippen LogP contribution is -2.50. The number of anilines is 1. The normalized spacial score (nSPS) is 21.7. The molecule has 2 N–H and O–H groups in total. The molecular formula is C42H48ClN3O5S. The van der Waals surface area contributed by atoms with Crippen molar-refractivity contribution in [1.82, 2.24) is 4.31 Å². The predicted octanol–water partition coefficient (Wildman–Crippen LogP) is 7.76.